The summed E-state index contributed by atoms with van der Waals surface area (Å²) in [5.74, 6) is 1.57. The Balaban J connectivity index is 1.28. The van der Waals surface area contributed by atoms with Crippen LogP contribution in [0.15, 0.2) is 36.4 Å². The summed E-state index contributed by atoms with van der Waals surface area (Å²) in [7, 11) is 1.64. The Morgan fingerprint density at radius 2 is 1.81 bits per heavy atom. The number of aliphatic hydroxyl groups is 1. The van der Waals surface area contributed by atoms with Crippen molar-refractivity contribution >= 4 is 11.8 Å². The minimum Gasteiger partial charge on any atom is -0.493 e. The Kier molecular flexibility index (Phi) is 4.06. The van der Waals surface area contributed by atoms with Gasteiger partial charge in [0.05, 0.1) is 35.3 Å². The topological polar surface area (TPSA) is 79.3 Å². The largest absolute Gasteiger partial charge is 0.493 e. The van der Waals surface area contributed by atoms with E-state index in [0.29, 0.717) is 35.5 Å². The Hall–Kier alpha value is -2.90. The van der Waals surface area contributed by atoms with Crippen molar-refractivity contribution < 1.29 is 24.2 Å². The maximum atomic E-state index is 13.5. The van der Waals surface area contributed by atoms with Crippen LogP contribution in [-0.2, 0) is 11.8 Å². The molecule has 0 radical (unpaired) electrons. The van der Waals surface area contributed by atoms with Crippen LogP contribution in [-0.4, -0.2) is 70.7 Å². The summed E-state index contributed by atoms with van der Waals surface area (Å²) in [5, 5.41) is 12.7. The molecule has 3 heterocycles. The highest BCUT2D eigenvalue weighted by molar-refractivity contribution is 6.21. The normalized spacial score (nSPS) is 35.9. The molecule has 2 bridgehead atoms. The first-order chi connectivity index (χ1) is 17.5. The van der Waals surface area contributed by atoms with Crippen LogP contribution in [0.1, 0.15) is 63.9 Å². The van der Waals surface area contributed by atoms with Gasteiger partial charge in [0, 0.05) is 18.2 Å². The van der Waals surface area contributed by atoms with Gasteiger partial charge in [0.15, 0.2) is 11.5 Å². The second-order valence-electron chi connectivity index (χ2n) is 11.6. The third kappa shape index (κ3) is 2.37. The van der Waals surface area contributed by atoms with E-state index >= 15 is 0 Å². The minimum absolute atomic E-state index is 0.00734. The number of likely N-dealkylation sites (tertiary alicyclic amines) is 1. The maximum absolute atomic E-state index is 13.5. The number of fused-ring (bicyclic) bond motifs is 1. The van der Waals surface area contributed by atoms with Crippen LogP contribution >= 0.6 is 0 Å². The molecule has 3 fully saturated rings. The Bertz CT molecular complexity index is 1300. The van der Waals surface area contributed by atoms with Crippen molar-refractivity contribution in [2.45, 2.75) is 67.7 Å². The fourth-order valence-corrected chi connectivity index (χ4v) is 8.38. The number of carbonyl (C=O) groups is 2. The van der Waals surface area contributed by atoms with Gasteiger partial charge in [0.1, 0.15) is 6.10 Å². The van der Waals surface area contributed by atoms with Crippen LogP contribution in [0.5, 0.6) is 11.5 Å². The van der Waals surface area contributed by atoms with Crippen LogP contribution in [0.2, 0.25) is 0 Å². The van der Waals surface area contributed by atoms with E-state index in [1.165, 1.54) is 23.3 Å². The Labute approximate surface area is 210 Å². The van der Waals surface area contributed by atoms with E-state index in [1.54, 1.807) is 31.4 Å². The Morgan fingerprint density at radius 1 is 1.06 bits per heavy atom. The van der Waals surface area contributed by atoms with Gasteiger partial charge >= 0.3 is 0 Å². The fraction of sp³-hybridized carbons (Fsp3) is 0.517. The highest BCUT2D eigenvalue weighted by atomic mass is 16.5. The van der Waals surface area contributed by atoms with Crippen molar-refractivity contribution in [1.82, 2.24) is 9.80 Å². The molecule has 2 aromatic rings. The molecule has 2 aromatic carbocycles. The second-order valence-corrected chi connectivity index (χ2v) is 11.6. The number of carbonyl (C=O) groups excluding carboxylic acids is 2. The van der Waals surface area contributed by atoms with E-state index in [0.717, 1.165) is 37.4 Å². The summed E-state index contributed by atoms with van der Waals surface area (Å²) in [6.45, 7) is 1.92. The molecule has 2 amide bonds. The number of benzene rings is 2. The van der Waals surface area contributed by atoms with Crippen LogP contribution in [0.4, 0.5) is 0 Å². The molecule has 8 rings (SSSR count). The van der Waals surface area contributed by atoms with Crippen molar-refractivity contribution in [2.24, 2.45) is 5.92 Å². The molecule has 3 aliphatic heterocycles. The third-order valence-electron chi connectivity index (χ3n) is 10.1. The zero-order valence-corrected chi connectivity index (χ0v) is 20.4. The van der Waals surface area contributed by atoms with Crippen molar-refractivity contribution in [2.75, 3.05) is 20.2 Å². The number of ether oxygens (including phenoxy) is 2. The molecule has 1 saturated heterocycles. The zero-order chi connectivity index (χ0) is 24.4. The summed E-state index contributed by atoms with van der Waals surface area (Å²) < 4.78 is 12.5. The van der Waals surface area contributed by atoms with Gasteiger partial charge in [-0.1, -0.05) is 18.2 Å². The van der Waals surface area contributed by atoms with Crippen molar-refractivity contribution in [3.05, 3.63) is 58.7 Å². The monoisotopic (exact) mass is 486 g/mol. The van der Waals surface area contributed by atoms with Crippen LogP contribution < -0.4 is 9.47 Å². The van der Waals surface area contributed by atoms with Gasteiger partial charge in [0.2, 0.25) is 0 Å². The highest BCUT2D eigenvalue weighted by Crippen LogP contribution is 2.66. The molecule has 5 atom stereocenters. The summed E-state index contributed by atoms with van der Waals surface area (Å²) in [6, 6.07) is 10.7. The number of rotatable bonds is 4. The van der Waals surface area contributed by atoms with Crippen LogP contribution in [0.3, 0.4) is 0 Å². The van der Waals surface area contributed by atoms with Gasteiger partial charge < -0.3 is 14.6 Å². The van der Waals surface area contributed by atoms with E-state index in [4.69, 9.17) is 9.47 Å². The lowest BCUT2D eigenvalue weighted by atomic mass is 9.48. The second kappa shape index (κ2) is 6.90. The van der Waals surface area contributed by atoms with E-state index in [-0.39, 0.29) is 17.9 Å². The molecule has 0 aromatic heterocycles. The number of nitrogens with zero attached hydrogens (tertiary/aromatic N) is 2. The molecule has 7 nitrogen and oxygen atoms in total. The molecule has 186 valence electrons. The molecular weight excluding hydrogens is 456 g/mol. The first kappa shape index (κ1) is 21.2. The van der Waals surface area contributed by atoms with E-state index in [9.17, 15) is 14.7 Å². The summed E-state index contributed by atoms with van der Waals surface area (Å²) in [4.78, 5) is 31.0. The quantitative estimate of drug-likeness (QED) is 0.670. The van der Waals surface area contributed by atoms with Crippen molar-refractivity contribution in [1.29, 1.82) is 0 Å². The molecule has 1 N–H and O–H groups in total. The molecule has 6 aliphatic rings. The molecular formula is C29H30N2O5. The van der Waals surface area contributed by atoms with Crippen LogP contribution in [0.25, 0.3) is 0 Å². The van der Waals surface area contributed by atoms with Gasteiger partial charge in [-0.05, 0) is 74.8 Å². The highest BCUT2D eigenvalue weighted by Gasteiger charge is 2.74. The van der Waals surface area contributed by atoms with Gasteiger partial charge in [-0.15, -0.1) is 0 Å². The minimum atomic E-state index is -0.982. The lowest BCUT2D eigenvalue weighted by Gasteiger charge is -2.64. The molecule has 0 unspecified atom stereocenters. The third-order valence-corrected chi connectivity index (χ3v) is 10.1. The number of imide groups is 1. The smallest absolute Gasteiger partial charge is 0.261 e. The Morgan fingerprint density at radius 3 is 2.50 bits per heavy atom. The summed E-state index contributed by atoms with van der Waals surface area (Å²) >= 11 is 0. The molecule has 3 aliphatic carbocycles. The van der Waals surface area contributed by atoms with Crippen LogP contribution in [0, 0.1) is 5.92 Å². The lowest BCUT2D eigenvalue weighted by molar-refractivity contribution is -0.196. The molecule has 2 saturated carbocycles. The van der Waals surface area contributed by atoms with Gasteiger partial charge in [-0.2, -0.15) is 0 Å². The average Bonchev–Trinajstić information content (AvgIpc) is 3.58. The number of hydrogen-bond donors (Lipinski definition) is 1. The lowest BCUT2D eigenvalue weighted by Crippen LogP contribution is -2.78. The molecule has 7 heteroatoms. The average molecular weight is 487 g/mol. The van der Waals surface area contributed by atoms with E-state index < -0.39 is 23.2 Å². The van der Waals surface area contributed by atoms with Crippen molar-refractivity contribution in [3.63, 3.8) is 0 Å². The predicted molar refractivity (Wildman–Crippen MR) is 130 cm³/mol. The van der Waals surface area contributed by atoms with Crippen molar-refractivity contribution in [3.8, 4) is 11.5 Å². The molecule has 36 heavy (non-hydrogen) atoms. The molecule has 1 spiro atoms. The zero-order valence-electron chi connectivity index (χ0n) is 20.4. The number of piperidine rings is 1. The number of hydrogen-bond acceptors (Lipinski definition) is 6. The van der Waals surface area contributed by atoms with Gasteiger partial charge in [-0.3, -0.25) is 19.4 Å². The van der Waals surface area contributed by atoms with E-state index in [1.807, 2.05) is 6.07 Å². The number of methoxy groups -OCH3 is 1. The maximum Gasteiger partial charge on any atom is 0.261 e. The predicted octanol–water partition coefficient (Wildman–Crippen LogP) is 2.92. The fourth-order valence-electron chi connectivity index (χ4n) is 8.38. The SMILES string of the molecule is COc1ccc2c3c1O[C@H]1[C@H](N4C(=O)c5ccccc5C4=O)CC[C@@]4(O)[C@@H](C2)N(CC2CC2)CC[C@]314. The first-order valence-corrected chi connectivity index (χ1v) is 13.3. The standard InChI is InChI=1S/C29H30N2O5/c1-35-21-9-8-17-14-22-29(34)11-10-20(31-26(32)18-4-2-3-5-19(18)27(31)33)25-28(29,23(17)24(21)36-25)12-13-30(22)15-16-6-7-16/h2-5,8-9,16,20,22,25,34H,6-7,10-15H2,1H3/t20-,22-,25+,28+,29-/m1/s1. The van der Waals surface area contributed by atoms with Gasteiger partial charge in [-0.25, -0.2) is 0 Å². The number of amides is 2. The first-order valence-electron chi connectivity index (χ1n) is 13.3. The van der Waals surface area contributed by atoms with E-state index in [2.05, 4.69) is 11.0 Å². The summed E-state index contributed by atoms with van der Waals surface area (Å²) in [6.07, 6.45) is 4.63. The van der Waals surface area contributed by atoms with Gasteiger partial charge in [0.25, 0.3) is 11.8 Å². The summed E-state index contributed by atoms with van der Waals surface area (Å²) in [5.41, 5.74) is 1.51.